The molecule has 0 saturated carbocycles. The first kappa shape index (κ1) is 23.6. The first-order chi connectivity index (χ1) is 14.6. The van der Waals surface area contributed by atoms with Gasteiger partial charge in [0.05, 0.1) is 32.9 Å². The van der Waals surface area contributed by atoms with Gasteiger partial charge in [-0.1, -0.05) is 0 Å². The van der Waals surface area contributed by atoms with E-state index >= 15 is 0 Å². The number of hydrogen-bond acceptors (Lipinski definition) is 6. The molecule has 4 heterocycles. The summed E-state index contributed by atoms with van der Waals surface area (Å²) in [5.74, 6) is 0.677. The molecule has 0 radical (unpaired) electrons. The van der Waals surface area contributed by atoms with Crippen molar-refractivity contribution < 1.29 is 41.9 Å². The Morgan fingerprint density at radius 2 is 1.97 bits per heavy atom. The number of alkyl halides is 3. The van der Waals surface area contributed by atoms with Crippen LogP contribution in [0.4, 0.5) is 13.2 Å². The summed E-state index contributed by atoms with van der Waals surface area (Å²) in [6, 6.07) is 4.07. The number of carboxylic acids is 1. The van der Waals surface area contributed by atoms with E-state index in [0.29, 0.717) is 37.4 Å². The fourth-order valence-corrected chi connectivity index (χ4v) is 4.29. The van der Waals surface area contributed by atoms with Crippen molar-refractivity contribution in [1.29, 1.82) is 0 Å². The number of carbonyl (C=O) groups is 2. The number of aryl methyl sites for hydroxylation is 1. The van der Waals surface area contributed by atoms with Crippen molar-refractivity contribution in [3.05, 3.63) is 23.7 Å². The lowest BCUT2D eigenvalue weighted by Crippen LogP contribution is -2.38. The van der Waals surface area contributed by atoms with E-state index in [-0.39, 0.29) is 5.91 Å². The summed E-state index contributed by atoms with van der Waals surface area (Å²) in [7, 11) is 0. The average Bonchev–Trinajstić information content (AvgIpc) is 3.43. The number of aliphatic carboxylic acids is 1. The molecule has 4 rings (SSSR count). The third-order valence-corrected chi connectivity index (χ3v) is 5.72. The summed E-state index contributed by atoms with van der Waals surface area (Å²) in [5.41, 5.74) is 0. The van der Waals surface area contributed by atoms with Crippen LogP contribution in [0.15, 0.2) is 16.5 Å². The van der Waals surface area contributed by atoms with Crippen LogP contribution >= 0.6 is 0 Å². The maximum atomic E-state index is 12.4. The number of furan rings is 1. The molecule has 0 aromatic carbocycles. The Hall–Kier alpha value is -2.11. The van der Waals surface area contributed by atoms with Gasteiger partial charge in [0.1, 0.15) is 11.5 Å². The number of likely N-dealkylation sites (tertiary alicyclic amines) is 1. The van der Waals surface area contributed by atoms with Gasteiger partial charge in [0.15, 0.2) is 0 Å². The Morgan fingerprint density at radius 3 is 2.55 bits per heavy atom. The number of carbonyl (C=O) groups excluding carboxylic acids is 1. The molecular formula is C20H27F3N2O6. The van der Waals surface area contributed by atoms with Gasteiger partial charge in [0.25, 0.3) is 0 Å². The predicted molar refractivity (Wildman–Crippen MR) is 101 cm³/mol. The van der Waals surface area contributed by atoms with Gasteiger partial charge in [-0.3, -0.25) is 14.5 Å². The third-order valence-electron chi connectivity index (χ3n) is 5.72. The molecule has 0 spiro atoms. The molecular weight excluding hydrogens is 421 g/mol. The maximum absolute atomic E-state index is 12.4. The SMILES string of the molecule is Cc1ccc(CN2C[C@@H]3COC[C@@H](CC(=O)N4CCCO4)[C@@H]3C2)o1.O=C(O)C(F)(F)F. The zero-order valence-corrected chi connectivity index (χ0v) is 17.3. The number of carboxylic acid groups (broad SMARTS) is 1. The quantitative estimate of drug-likeness (QED) is 0.757. The predicted octanol–water partition coefficient (Wildman–Crippen LogP) is 2.47. The van der Waals surface area contributed by atoms with Crippen molar-refractivity contribution in [3.63, 3.8) is 0 Å². The van der Waals surface area contributed by atoms with E-state index in [2.05, 4.69) is 11.0 Å². The van der Waals surface area contributed by atoms with Gasteiger partial charge in [-0.25, -0.2) is 9.86 Å². The third kappa shape index (κ3) is 6.44. The van der Waals surface area contributed by atoms with Crippen LogP contribution in [0.2, 0.25) is 0 Å². The van der Waals surface area contributed by atoms with Crippen LogP contribution in [-0.4, -0.2) is 72.6 Å². The molecule has 3 aliphatic heterocycles. The number of hydroxylamine groups is 2. The van der Waals surface area contributed by atoms with E-state index in [9.17, 15) is 18.0 Å². The van der Waals surface area contributed by atoms with E-state index < -0.39 is 12.1 Å². The first-order valence-electron chi connectivity index (χ1n) is 10.2. The van der Waals surface area contributed by atoms with Gasteiger partial charge in [-0.15, -0.1) is 0 Å². The molecule has 174 valence electrons. The Morgan fingerprint density at radius 1 is 1.23 bits per heavy atom. The molecule has 11 heteroatoms. The summed E-state index contributed by atoms with van der Waals surface area (Å²) in [4.78, 5) is 29.1. The van der Waals surface area contributed by atoms with Crippen LogP contribution in [0.3, 0.4) is 0 Å². The average molecular weight is 448 g/mol. The van der Waals surface area contributed by atoms with E-state index in [4.69, 9.17) is 23.9 Å². The van der Waals surface area contributed by atoms with Crippen molar-refractivity contribution >= 4 is 11.9 Å². The molecule has 8 nitrogen and oxygen atoms in total. The first-order valence-corrected chi connectivity index (χ1v) is 10.2. The van der Waals surface area contributed by atoms with E-state index in [1.807, 2.05) is 13.0 Å². The molecule has 1 aromatic rings. The lowest BCUT2D eigenvalue weighted by Gasteiger charge is -2.33. The highest BCUT2D eigenvalue weighted by molar-refractivity contribution is 5.75. The zero-order valence-electron chi connectivity index (χ0n) is 17.3. The molecule has 3 atom stereocenters. The number of halogens is 3. The van der Waals surface area contributed by atoms with Crippen molar-refractivity contribution in [3.8, 4) is 0 Å². The fraction of sp³-hybridized carbons (Fsp3) is 0.700. The summed E-state index contributed by atoms with van der Waals surface area (Å²) < 4.78 is 43.2. The Labute approximate surface area is 177 Å². The second-order valence-corrected chi connectivity index (χ2v) is 8.12. The smallest absolute Gasteiger partial charge is 0.475 e. The van der Waals surface area contributed by atoms with Crippen LogP contribution in [0.25, 0.3) is 0 Å². The van der Waals surface area contributed by atoms with Crippen LogP contribution in [0, 0.1) is 24.7 Å². The minimum atomic E-state index is -5.08. The number of hydrogen-bond donors (Lipinski definition) is 1. The fourth-order valence-electron chi connectivity index (χ4n) is 4.29. The summed E-state index contributed by atoms with van der Waals surface area (Å²) in [6.45, 7) is 7.75. The molecule has 3 saturated heterocycles. The van der Waals surface area contributed by atoms with Crippen molar-refractivity contribution in [1.82, 2.24) is 9.96 Å². The number of ether oxygens (including phenoxy) is 1. The lowest BCUT2D eigenvalue weighted by molar-refractivity contribution is -0.192. The molecule has 0 aliphatic carbocycles. The van der Waals surface area contributed by atoms with Gasteiger partial charge < -0.3 is 14.3 Å². The van der Waals surface area contributed by atoms with Crippen molar-refractivity contribution in [2.24, 2.45) is 17.8 Å². The van der Waals surface area contributed by atoms with Crippen LogP contribution in [-0.2, 0) is 25.7 Å². The number of fused-ring (bicyclic) bond motifs is 1. The second-order valence-electron chi connectivity index (χ2n) is 8.12. The zero-order chi connectivity index (χ0) is 22.6. The summed E-state index contributed by atoms with van der Waals surface area (Å²) in [6.07, 6.45) is -3.61. The monoisotopic (exact) mass is 448 g/mol. The standard InChI is InChI=1S/C18H26N2O4.C2HF3O2/c1-13-3-4-16(24-13)9-19-8-15-12-22-11-14(17(15)10-19)7-18(21)20-5-2-6-23-20;3-2(4,5)1(6)7/h3-4,14-15,17H,2,5-12H2,1H3;(H,6,7)/t14-,15-,17+;/m1./s1. The normalized spacial score (nSPS) is 26.3. The highest BCUT2D eigenvalue weighted by atomic mass is 19.4. The minimum absolute atomic E-state index is 0.113. The molecule has 31 heavy (non-hydrogen) atoms. The van der Waals surface area contributed by atoms with Gasteiger partial charge in [0, 0.05) is 19.5 Å². The molecule has 1 amide bonds. The molecule has 0 bridgehead atoms. The highest BCUT2D eigenvalue weighted by Gasteiger charge is 2.42. The Balaban J connectivity index is 0.000000339. The van der Waals surface area contributed by atoms with E-state index in [1.54, 1.807) is 5.06 Å². The Kier molecular flexibility index (Phi) is 7.60. The number of rotatable bonds is 4. The van der Waals surface area contributed by atoms with E-state index in [0.717, 1.165) is 50.7 Å². The summed E-state index contributed by atoms with van der Waals surface area (Å²) >= 11 is 0. The van der Waals surface area contributed by atoms with Crippen molar-refractivity contribution in [2.75, 3.05) is 39.5 Å². The lowest BCUT2D eigenvalue weighted by atomic mass is 9.81. The highest BCUT2D eigenvalue weighted by Crippen LogP contribution is 2.36. The molecule has 1 aromatic heterocycles. The molecule has 3 aliphatic rings. The van der Waals surface area contributed by atoms with E-state index in [1.165, 1.54) is 0 Å². The molecule has 1 N–H and O–H groups in total. The molecule has 3 fully saturated rings. The number of nitrogens with zero attached hydrogens (tertiary/aromatic N) is 2. The topological polar surface area (TPSA) is 92.5 Å². The van der Waals surface area contributed by atoms with Gasteiger partial charge in [-0.2, -0.15) is 13.2 Å². The number of amides is 1. The van der Waals surface area contributed by atoms with Gasteiger partial charge >= 0.3 is 12.1 Å². The maximum Gasteiger partial charge on any atom is 0.490 e. The largest absolute Gasteiger partial charge is 0.490 e. The molecule has 0 unspecified atom stereocenters. The van der Waals surface area contributed by atoms with Crippen LogP contribution in [0.5, 0.6) is 0 Å². The summed E-state index contributed by atoms with van der Waals surface area (Å²) in [5, 5.41) is 8.67. The van der Waals surface area contributed by atoms with Crippen LogP contribution in [0.1, 0.15) is 24.4 Å². The van der Waals surface area contributed by atoms with Crippen LogP contribution < -0.4 is 0 Å². The van der Waals surface area contributed by atoms with Gasteiger partial charge in [0.2, 0.25) is 5.91 Å². The minimum Gasteiger partial charge on any atom is -0.475 e. The van der Waals surface area contributed by atoms with Crippen molar-refractivity contribution in [2.45, 2.75) is 32.5 Å². The Bertz CT molecular complexity index is 762. The van der Waals surface area contributed by atoms with Gasteiger partial charge in [-0.05, 0) is 43.2 Å². The second kappa shape index (κ2) is 10.0.